The highest BCUT2D eigenvalue weighted by molar-refractivity contribution is 5.76. The summed E-state index contributed by atoms with van der Waals surface area (Å²) in [6.07, 6.45) is 1.21. The maximum atomic E-state index is 12.4. The number of nitrogens with one attached hydrogen (secondary N) is 1. The number of ether oxygens (including phenoxy) is 1. The van der Waals surface area contributed by atoms with Gasteiger partial charge in [-0.3, -0.25) is 9.69 Å². The van der Waals surface area contributed by atoms with Crippen LogP contribution in [0.4, 0.5) is 0 Å². The summed E-state index contributed by atoms with van der Waals surface area (Å²) in [6.45, 7) is 12.2. The van der Waals surface area contributed by atoms with Crippen LogP contribution in [0, 0.1) is 5.92 Å². The Bertz CT molecular complexity index is 554. The molecule has 0 spiro atoms. The number of carbonyl (C=O) groups excluding carboxylic acids is 1. The lowest BCUT2D eigenvalue weighted by Gasteiger charge is -2.39. The van der Waals surface area contributed by atoms with Gasteiger partial charge in [0.2, 0.25) is 5.91 Å². The number of amides is 1. The fourth-order valence-corrected chi connectivity index (χ4v) is 3.50. The minimum Gasteiger partial charge on any atom is -0.494 e. The normalized spacial score (nSPS) is 17.3. The zero-order valence-corrected chi connectivity index (χ0v) is 16.8. The fourth-order valence-electron chi connectivity index (χ4n) is 3.50. The second kappa shape index (κ2) is 10.5. The molecule has 1 aromatic carbocycles. The first-order chi connectivity index (χ1) is 12.5. The van der Waals surface area contributed by atoms with Gasteiger partial charge >= 0.3 is 0 Å². The Labute approximate surface area is 158 Å². The number of rotatable bonds is 9. The number of nitrogens with zero attached hydrogens (tertiary/aromatic N) is 2. The lowest BCUT2D eigenvalue weighted by Crippen LogP contribution is -2.54. The van der Waals surface area contributed by atoms with E-state index in [1.165, 1.54) is 0 Å². The molecule has 26 heavy (non-hydrogen) atoms. The molecule has 0 aliphatic carbocycles. The molecule has 1 aliphatic heterocycles. The summed E-state index contributed by atoms with van der Waals surface area (Å²) in [6, 6.07) is 8.39. The molecule has 0 aromatic heterocycles. The molecule has 1 heterocycles. The molecule has 1 aromatic rings. The van der Waals surface area contributed by atoms with Crippen LogP contribution in [0.3, 0.4) is 0 Å². The molecule has 1 fully saturated rings. The van der Waals surface area contributed by atoms with Gasteiger partial charge in [0.25, 0.3) is 0 Å². The van der Waals surface area contributed by atoms with Gasteiger partial charge in [0.15, 0.2) is 0 Å². The molecule has 1 unspecified atom stereocenters. The van der Waals surface area contributed by atoms with Crippen LogP contribution in [0.5, 0.6) is 5.75 Å². The van der Waals surface area contributed by atoms with Gasteiger partial charge in [0.1, 0.15) is 5.75 Å². The molecule has 5 heteroatoms. The zero-order chi connectivity index (χ0) is 18.9. The van der Waals surface area contributed by atoms with E-state index in [1.807, 2.05) is 31.2 Å². The average molecular weight is 362 g/mol. The predicted octanol–water partition coefficient (Wildman–Crippen LogP) is 2.41. The van der Waals surface area contributed by atoms with Crippen molar-refractivity contribution < 1.29 is 9.53 Å². The number of likely N-dealkylation sites (N-methyl/N-ethyl adjacent to an activating group) is 1. The van der Waals surface area contributed by atoms with E-state index < -0.39 is 0 Å². The molecule has 1 N–H and O–H groups in total. The smallest absolute Gasteiger partial charge is 0.220 e. The number of aryl methyl sites for hydroxylation is 1. The Morgan fingerprint density at radius 1 is 1.19 bits per heavy atom. The Morgan fingerprint density at radius 2 is 1.88 bits per heavy atom. The van der Waals surface area contributed by atoms with Crippen molar-refractivity contribution in [2.24, 2.45) is 5.92 Å². The number of hydrogen-bond donors (Lipinski definition) is 1. The van der Waals surface area contributed by atoms with E-state index in [2.05, 4.69) is 36.0 Å². The van der Waals surface area contributed by atoms with E-state index in [0.29, 0.717) is 31.4 Å². The first kappa shape index (κ1) is 20.7. The van der Waals surface area contributed by atoms with E-state index in [-0.39, 0.29) is 5.91 Å². The molecule has 1 aliphatic rings. The summed E-state index contributed by atoms with van der Waals surface area (Å²) >= 11 is 0. The maximum Gasteiger partial charge on any atom is 0.220 e. The largest absolute Gasteiger partial charge is 0.494 e. The van der Waals surface area contributed by atoms with Crippen LogP contribution in [0.1, 0.15) is 32.8 Å². The van der Waals surface area contributed by atoms with Crippen molar-refractivity contribution in [2.45, 2.75) is 39.7 Å². The van der Waals surface area contributed by atoms with E-state index in [0.717, 1.165) is 44.0 Å². The quantitative estimate of drug-likeness (QED) is 0.734. The monoisotopic (exact) mass is 361 g/mol. The summed E-state index contributed by atoms with van der Waals surface area (Å²) < 4.78 is 5.64. The van der Waals surface area contributed by atoms with E-state index >= 15 is 0 Å². The van der Waals surface area contributed by atoms with Gasteiger partial charge in [-0.15, -0.1) is 0 Å². The van der Waals surface area contributed by atoms with Crippen molar-refractivity contribution >= 4 is 5.91 Å². The third kappa shape index (κ3) is 6.29. The molecule has 0 bridgehead atoms. The lowest BCUT2D eigenvalue weighted by molar-refractivity contribution is -0.121. The zero-order valence-electron chi connectivity index (χ0n) is 16.8. The summed E-state index contributed by atoms with van der Waals surface area (Å²) in [5, 5.41) is 3.16. The van der Waals surface area contributed by atoms with Crippen molar-refractivity contribution in [1.82, 2.24) is 15.1 Å². The Balaban J connectivity index is 1.81. The molecule has 2 rings (SSSR count). The summed E-state index contributed by atoms with van der Waals surface area (Å²) in [5.74, 6) is 1.54. The molecule has 1 saturated heterocycles. The first-order valence-corrected chi connectivity index (χ1v) is 9.91. The molecule has 5 nitrogen and oxygen atoms in total. The third-order valence-electron chi connectivity index (χ3n) is 5.18. The third-order valence-corrected chi connectivity index (χ3v) is 5.18. The number of benzene rings is 1. The fraction of sp³-hybridized carbons (Fsp3) is 0.667. The topological polar surface area (TPSA) is 44.8 Å². The molecule has 1 amide bonds. The predicted molar refractivity (Wildman–Crippen MR) is 107 cm³/mol. The number of hydrogen-bond acceptors (Lipinski definition) is 4. The van der Waals surface area contributed by atoms with Crippen LogP contribution in [0.2, 0.25) is 0 Å². The lowest BCUT2D eigenvalue weighted by atomic mass is 10.0. The average Bonchev–Trinajstić information content (AvgIpc) is 2.62. The number of carbonyl (C=O) groups is 1. The molecule has 0 radical (unpaired) electrons. The highest BCUT2D eigenvalue weighted by atomic mass is 16.5. The second-order valence-electron chi connectivity index (χ2n) is 7.50. The van der Waals surface area contributed by atoms with E-state index in [1.54, 1.807) is 0 Å². The van der Waals surface area contributed by atoms with Crippen molar-refractivity contribution in [3.63, 3.8) is 0 Å². The summed E-state index contributed by atoms with van der Waals surface area (Å²) in [5.41, 5.74) is 1.10. The highest BCUT2D eigenvalue weighted by Crippen LogP contribution is 2.19. The van der Waals surface area contributed by atoms with Crippen LogP contribution in [0.15, 0.2) is 24.3 Å². The molecular weight excluding hydrogens is 326 g/mol. The molecule has 146 valence electrons. The number of para-hydroxylation sites is 1. The van der Waals surface area contributed by atoms with Gasteiger partial charge in [0.05, 0.1) is 6.61 Å². The van der Waals surface area contributed by atoms with Crippen molar-refractivity contribution in [2.75, 3.05) is 46.4 Å². The van der Waals surface area contributed by atoms with Gasteiger partial charge < -0.3 is 15.0 Å². The van der Waals surface area contributed by atoms with Crippen molar-refractivity contribution in [3.8, 4) is 5.75 Å². The van der Waals surface area contributed by atoms with E-state index in [9.17, 15) is 4.79 Å². The molecular formula is C21H35N3O2. The minimum absolute atomic E-state index is 0.121. The molecule has 0 saturated carbocycles. The van der Waals surface area contributed by atoms with Gasteiger partial charge in [0, 0.05) is 45.2 Å². The molecule has 1 atom stereocenters. The van der Waals surface area contributed by atoms with Crippen LogP contribution < -0.4 is 10.1 Å². The maximum absolute atomic E-state index is 12.4. The minimum atomic E-state index is 0.121. The van der Waals surface area contributed by atoms with Gasteiger partial charge in [-0.2, -0.15) is 0 Å². The standard InChI is InChI=1S/C21H35N3O2/c1-5-26-20-9-7-6-8-18(20)10-11-21(25)22-16-19(17(2)3)24-14-12-23(4)13-15-24/h6-9,17,19H,5,10-16H2,1-4H3,(H,22,25). The Morgan fingerprint density at radius 3 is 2.54 bits per heavy atom. The first-order valence-electron chi connectivity index (χ1n) is 9.91. The SMILES string of the molecule is CCOc1ccccc1CCC(=O)NCC(C(C)C)N1CCN(C)CC1. The van der Waals surface area contributed by atoms with Crippen LogP contribution in [-0.4, -0.2) is 68.1 Å². The van der Waals surface area contributed by atoms with Crippen LogP contribution in [0.25, 0.3) is 0 Å². The van der Waals surface area contributed by atoms with Gasteiger partial charge in [-0.1, -0.05) is 32.0 Å². The van der Waals surface area contributed by atoms with Gasteiger partial charge in [-0.05, 0) is 37.9 Å². The Kier molecular flexibility index (Phi) is 8.39. The summed E-state index contributed by atoms with van der Waals surface area (Å²) in [4.78, 5) is 17.3. The number of piperazine rings is 1. The van der Waals surface area contributed by atoms with Gasteiger partial charge in [-0.25, -0.2) is 0 Å². The van der Waals surface area contributed by atoms with Crippen LogP contribution in [-0.2, 0) is 11.2 Å². The highest BCUT2D eigenvalue weighted by Gasteiger charge is 2.25. The van der Waals surface area contributed by atoms with E-state index in [4.69, 9.17) is 4.74 Å². The van der Waals surface area contributed by atoms with Crippen molar-refractivity contribution in [3.05, 3.63) is 29.8 Å². The summed E-state index contributed by atoms with van der Waals surface area (Å²) in [7, 11) is 2.17. The Hall–Kier alpha value is -1.59. The second-order valence-corrected chi connectivity index (χ2v) is 7.50. The van der Waals surface area contributed by atoms with Crippen molar-refractivity contribution in [1.29, 1.82) is 0 Å². The van der Waals surface area contributed by atoms with Crippen LogP contribution >= 0.6 is 0 Å².